The fraction of sp³-hybridized carbons (Fsp3) is 0.235. The topological polar surface area (TPSA) is 86.8 Å². The van der Waals surface area contributed by atoms with Crippen LogP contribution in [0.2, 0.25) is 10.0 Å². The smallest absolute Gasteiger partial charge is 0.264 e. The van der Waals surface area contributed by atoms with Gasteiger partial charge in [0, 0.05) is 29.6 Å². The van der Waals surface area contributed by atoms with E-state index in [1.165, 1.54) is 17.0 Å². The van der Waals surface area contributed by atoms with E-state index in [0.29, 0.717) is 27.8 Å². The van der Waals surface area contributed by atoms with Crippen LogP contribution in [0.25, 0.3) is 0 Å². The Morgan fingerprint density at radius 1 is 0.841 bits per heavy atom. The van der Waals surface area contributed by atoms with Crippen molar-refractivity contribution in [2.75, 3.05) is 17.4 Å². The van der Waals surface area contributed by atoms with E-state index in [0.717, 1.165) is 21.0 Å². The molecule has 0 unspecified atom stereocenters. The number of hydrogen-bond acceptors (Lipinski definition) is 4. The van der Waals surface area contributed by atoms with E-state index >= 15 is 0 Å². The number of sulfonamides is 1. The number of anilines is 1. The summed E-state index contributed by atoms with van der Waals surface area (Å²) >= 11 is 12.7. The summed E-state index contributed by atoms with van der Waals surface area (Å²) in [7, 11) is -4.18. The van der Waals surface area contributed by atoms with Gasteiger partial charge in [-0.05, 0) is 79.4 Å². The van der Waals surface area contributed by atoms with Gasteiger partial charge >= 0.3 is 0 Å². The molecule has 10 heteroatoms. The maximum atomic E-state index is 14.5. The molecule has 0 heterocycles. The molecule has 0 bridgehead atoms. The van der Waals surface area contributed by atoms with Gasteiger partial charge in [0.15, 0.2) is 0 Å². The first-order valence-electron chi connectivity index (χ1n) is 14.2. The second-order valence-corrected chi connectivity index (χ2v) is 13.2. The molecule has 0 aliphatic carbocycles. The molecule has 0 saturated carbocycles. The quantitative estimate of drug-likeness (QED) is 0.187. The van der Waals surface area contributed by atoms with E-state index < -0.39 is 28.5 Å². The van der Waals surface area contributed by atoms with Crippen LogP contribution in [0.4, 0.5) is 5.69 Å². The van der Waals surface area contributed by atoms with Crippen molar-refractivity contribution >= 4 is 50.7 Å². The Morgan fingerprint density at radius 2 is 1.45 bits per heavy atom. The Morgan fingerprint density at radius 3 is 2.05 bits per heavy atom. The third-order valence-corrected chi connectivity index (χ3v) is 9.46. The standard InChI is InChI=1S/C34H35Cl2N3O4S/c1-4-37-34(41)32(20-26-11-7-5-8-12-26)38(22-27-15-16-28(35)21-31(27)36)33(40)23-39(29-18-24(2)17-25(3)19-29)44(42,43)30-13-9-6-10-14-30/h5-19,21,32H,4,20,22-23H2,1-3H3,(H,37,41)/t32-/m1/s1. The van der Waals surface area contributed by atoms with Gasteiger partial charge in [-0.15, -0.1) is 0 Å². The molecule has 0 spiro atoms. The molecule has 1 N–H and O–H groups in total. The van der Waals surface area contributed by atoms with Crippen LogP contribution < -0.4 is 9.62 Å². The highest BCUT2D eigenvalue weighted by molar-refractivity contribution is 7.92. The molecule has 0 radical (unpaired) electrons. The number of benzene rings is 4. The molecule has 4 aromatic rings. The number of aryl methyl sites for hydroxylation is 2. The first-order valence-corrected chi connectivity index (χ1v) is 16.4. The van der Waals surface area contributed by atoms with E-state index in [9.17, 15) is 18.0 Å². The molecule has 0 aliphatic rings. The van der Waals surface area contributed by atoms with Crippen molar-refractivity contribution in [2.45, 2.75) is 44.7 Å². The lowest BCUT2D eigenvalue weighted by Crippen LogP contribution is -2.53. The molecule has 7 nitrogen and oxygen atoms in total. The van der Waals surface area contributed by atoms with Crippen LogP contribution in [0, 0.1) is 13.8 Å². The second-order valence-electron chi connectivity index (χ2n) is 10.5. The van der Waals surface area contributed by atoms with Crippen molar-refractivity contribution < 1.29 is 18.0 Å². The number of hydrogen-bond donors (Lipinski definition) is 1. The third-order valence-electron chi connectivity index (χ3n) is 7.08. The molecular weight excluding hydrogens is 617 g/mol. The van der Waals surface area contributed by atoms with Gasteiger partial charge < -0.3 is 10.2 Å². The number of carbonyl (C=O) groups excluding carboxylic acids is 2. The summed E-state index contributed by atoms with van der Waals surface area (Å²) in [5.41, 5.74) is 3.44. The van der Waals surface area contributed by atoms with E-state index in [1.54, 1.807) is 55.5 Å². The Bertz CT molecular complexity index is 1700. The molecule has 1 atom stereocenters. The lowest BCUT2D eigenvalue weighted by molar-refractivity contribution is -0.140. The minimum Gasteiger partial charge on any atom is -0.355 e. The Hall–Kier alpha value is -3.85. The van der Waals surface area contributed by atoms with Gasteiger partial charge in [0.05, 0.1) is 10.6 Å². The van der Waals surface area contributed by atoms with Gasteiger partial charge in [-0.25, -0.2) is 8.42 Å². The van der Waals surface area contributed by atoms with E-state index in [4.69, 9.17) is 23.2 Å². The normalized spacial score (nSPS) is 11.9. The Labute approximate surface area is 269 Å². The molecule has 0 fully saturated rings. The lowest BCUT2D eigenvalue weighted by Gasteiger charge is -2.34. The largest absolute Gasteiger partial charge is 0.355 e. The summed E-state index contributed by atoms with van der Waals surface area (Å²) in [4.78, 5) is 29.5. The molecule has 0 aliphatic heterocycles. The zero-order valence-corrected chi connectivity index (χ0v) is 27.2. The summed E-state index contributed by atoms with van der Waals surface area (Å²) < 4.78 is 29.3. The summed E-state index contributed by atoms with van der Waals surface area (Å²) in [6.45, 7) is 5.29. The van der Waals surface area contributed by atoms with Crippen LogP contribution in [0.15, 0.2) is 102 Å². The summed E-state index contributed by atoms with van der Waals surface area (Å²) in [6.07, 6.45) is 0.207. The van der Waals surface area contributed by atoms with Crippen molar-refractivity contribution in [1.29, 1.82) is 0 Å². The average molecular weight is 653 g/mol. The number of nitrogens with zero attached hydrogens (tertiary/aromatic N) is 2. The van der Waals surface area contributed by atoms with Crippen molar-refractivity contribution in [3.05, 3.63) is 129 Å². The first kappa shape index (κ1) is 33.1. The van der Waals surface area contributed by atoms with Gasteiger partial charge in [0.2, 0.25) is 11.8 Å². The maximum Gasteiger partial charge on any atom is 0.264 e. The number of likely N-dealkylation sites (N-methyl/N-ethyl adjacent to an activating group) is 1. The van der Waals surface area contributed by atoms with Gasteiger partial charge in [0.25, 0.3) is 10.0 Å². The zero-order chi connectivity index (χ0) is 31.9. The average Bonchev–Trinajstić information content (AvgIpc) is 2.99. The molecule has 44 heavy (non-hydrogen) atoms. The Balaban J connectivity index is 1.83. The van der Waals surface area contributed by atoms with E-state index in [1.807, 2.05) is 50.2 Å². The highest BCUT2D eigenvalue weighted by Crippen LogP contribution is 2.28. The SMILES string of the molecule is CCNC(=O)[C@@H](Cc1ccccc1)N(Cc1ccc(Cl)cc1Cl)C(=O)CN(c1cc(C)cc(C)c1)S(=O)(=O)c1ccccc1. The number of amides is 2. The fourth-order valence-electron chi connectivity index (χ4n) is 5.02. The van der Waals surface area contributed by atoms with Crippen molar-refractivity contribution in [3.63, 3.8) is 0 Å². The van der Waals surface area contributed by atoms with Crippen molar-refractivity contribution in [1.82, 2.24) is 10.2 Å². The summed E-state index contributed by atoms with van der Waals surface area (Å²) in [5, 5.41) is 3.60. The number of carbonyl (C=O) groups is 2. The first-order chi connectivity index (χ1) is 21.0. The molecule has 230 valence electrons. The molecule has 2 amide bonds. The molecular formula is C34H35Cl2N3O4S. The number of rotatable bonds is 12. The Kier molecular flexibility index (Phi) is 11.1. The van der Waals surface area contributed by atoms with Crippen LogP contribution >= 0.6 is 23.2 Å². The predicted octanol–water partition coefficient (Wildman–Crippen LogP) is 6.58. The van der Waals surface area contributed by atoms with Gasteiger partial charge in [-0.3, -0.25) is 13.9 Å². The molecule has 0 saturated heterocycles. The monoisotopic (exact) mass is 651 g/mol. The van der Waals surface area contributed by atoms with Crippen LogP contribution in [-0.4, -0.2) is 44.3 Å². The third kappa shape index (κ3) is 8.20. The predicted molar refractivity (Wildman–Crippen MR) is 177 cm³/mol. The highest BCUT2D eigenvalue weighted by atomic mass is 35.5. The van der Waals surface area contributed by atoms with Gasteiger partial charge in [0.1, 0.15) is 12.6 Å². The molecule has 4 aromatic carbocycles. The van der Waals surface area contributed by atoms with E-state index in [-0.39, 0.29) is 23.8 Å². The van der Waals surface area contributed by atoms with Crippen molar-refractivity contribution in [2.24, 2.45) is 0 Å². The molecule has 4 rings (SSSR count). The van der Waals surface area contributed by atoms with Crippen LogP contribution in [0.3, 0.4) is 0 Å². The highest BCUT2D eigenvalue weighted by Gasteiger charge is 2.35. The number of halogens is 2. The second kappa shape index (κ2) is 14.8. The van der Waals surface area contributed by atoms with E-state index in [2.05, 4.69) is 5.32 Å². The van der Waals surface area contributed by atoms with Crippen LogP contribution in [0.5, 0.6) is 0 Å². The summed E-state index contributed by atoms with van der Waals surface area (Å²) in [5.74, 6) is -0.930. The zero-order valence-electron chi connectivity index (χ0n) is 24.8. The van der Waals surface area contributed by atoms with Gasteiger partial charge in [-0.2, -0.15) is 0 Å². The maximum absolute atomic E-state index is 14.5. The summed E-state index contributed by atoms with van der Waals surface area (Å²) in [6, 6.07) is 26.7. The minimum absolute atomic E-state index is 0.0452. The fourth-order valence-corrected chi connectivity index (χ4v) is 6.91. The van der Waals surface area contributed by atoms with Crippen molar-refractivity contribution in [3.8, 4) is 0 Å². The van der Waals surface area contributed by atoms with Gasteiger partial charge in [-0.1, -0.05) is 83.9 Å². The van der Waals surface area contributed by atoms with Crippen LogP contribution in [-0.2, 0) is 32.6 Å². The molecule has 0 aromatic heterocycles. The lowest BCUT2D eigenvalue weighted by atomic mass is 10.0. The van der Waals surface area contributed by atoms with Crippen LogP contribution in [0.1, 0.15) is 29.2 Å². The minimum atomic E-state index is -4.18. The number of nitrogens with one attached hydrogen (secondary N) is 1.